The third kappa shape index (κ3) is 6.00. The van der Waals surface area contributed by atoms with Crippen molar-refractivity contribution in [1.82, 2.24) is 5.32 Å². The minimum Gasteiger partial charge on any atom is -0.314 e. The summed E-state index contributed by atoms with van der Waals surface area (Å²) in [5.74, 6) is -0.339. The summed E-state index contributed by atoms with van der Waals surface area (Å²) in [6.45, 7) is 2.47. The Bertz CT molecular complexity index is 345. The third-order valence-corrected chi connectivity index (χ3v) is 2.66. The van der Waals surface area contributed by atoms with E-state index in [4.69, 9.17) is 0 Å². The van der Waals surface area contributed by atoms with Gasteiger partial charge in [-0.2, -0.15) is 13.2 Å². The standard InChI is InChI=1S/C13H17F4N/c1-2-18-12(7-8-13(15,16)17)9-10-3-5-11(14)6-4-10/h3-6,12,18H,2,7-9H2,1H3. The zero-order valence-corrected chi connectivity index (χ0v) is 10.2. The molecule has 0 amide bonds. The van der Waals surface area contributed by atoms with Crippen molar-refractivity contribution in [2.45, 2.75) is 38.4 Å². The van der Waals surface area contributed by atoms with Gasteiger partial charge in [-0.05, 0) is 37.1 Å². The lowest BCUT2D eigenvalue weighted by Crippen LogP contribution is -2.32. The van der Waals surface area contributed by atoms with Crippen LogP contribution in [-0.4, -0.2) is 18.8 Å². The number of benzene rings is 1. The van der Waals surface area contributed by atoms with Crippen molar-refractivity contribution in [2.75, 3.05) is 6.54 Å². The van der Waals surface area contributed by atoms with Crippen LogP contribution in [0.2, 0.25) is 0 Å². The summed E-state index contributed by atoms with van der Waals surface area (Å²) in [6.07, 6.45) is -4.42. The topological polar surface area (TPSA) is 12.0 Å². The first-order chi connectivity index (χ1) is 8.40. The van der Waals surface area contributed by atoms with Gasteiger partial charge in [0.25, 0.3) is 0 Å². The zero-order chi connectivity index (χ0) is 13.6. The summed E-state index contributed by atoms with van der Waals surface area (Å²) >= 11 is 0. The van der Waals surface area contributed by atoms with Gasteiger partial charge in [-0.3, -0.25) is 0 Å². The monoisotopic (exact) mass is 263 g/mol. The molecule has 0 heterocycles. The van der Waals surface area contributed by atoms with Crippen molar-refractivity contribution in [2.24, 2.45) is 0 Å². The first-order valence-electron chi connectivity index (χ1n) is 5.95. The Morgan fingerprint density at radius 3 is 2.28 bits per heavy atom. The summed E-state index contributed by atoms with van der Waals surface area (Å²) in [6, 6.07) is 5.62. The van der Waals surface area contributed by atoms with Gasteiger partial charge in [-0.25, -0.2) is 4.39 Å². The van der Waals surface area contributed by atoms with Gasteiger partial charge in [0.05, 0.1) is 0 Å². The molecule has 0 spiro atoms. The maximum Gasteiger partial charge on any atom is 0.389 e. The number of rotatable bonds is 6. The Morgan fingerprint density at radius 2 is 1.78 bits per heavy atom. The minimum atomic E-state index is -4.13. The minimum absolute atomic E-state index is 0.0364. The van der Waals surface area contributed by atoms with Crippen molar-refractivity contribution in [1.29, 1.82) is 0 Å². The van der Waals surface area contributed by atoms with Crippen molar-refractivity contribution in [3.63, 3.8) is 0 Å². The maximum atomic E-state index is 12.7. The average Bonchev–Trinajstić information content (AvgIpc) is 2.28. The highest BCUT2D eigenvalue weighted by Crippen LogP contribution is 2.23. The van der Waals surface area contributed by atoms with E-state index in [1.165, 1.54) is 12.1 Å². The van der Waals surface area contributed by atoms with E-state index in [0.29, 0.717) is 13.0 Å². The number of alkyl halides is 3. The van der Waals surface area contributed by atoms with Crippen molar-refractivity contribution in [3.05, 3.63) is 35.6 Å². The smallest absolute Gasteiger partial charge is 0.314 e. The molecule has 0 radical (unpaired) electrons. The zero-order valence-electron chi connectivity index (χ0n) is 10.2. The van der Waals surface area contributed by atoms with E-state index < -0.39 is 12.6 Å². The molecule has 5 heteroatoms. The van der Waals surface area contributed by atoms with Crippen molar-refractivity contribution < 1.29 is 17.6 Å². The second-order valence-corrected chi connectivity index (χ2v) is 4.24. The second kappa shape index (κ2) is 6.73. The van der Waals surface area contributed by atoms with Gasteiger partial charge >= 0.3 is 6.18 Å². The number of hydrogen-bond acceptors (Lipinski definition) is 1. The summed E-state index contributed by atoms with van der Waals surface area (Å²) in [7, 11) is 0. The van der Waals surface area contributed by atoms with E-state index in [1.54, 1.807) is 12.1 Å². The number of likely N-dealkylation sites (N-methyl/N-ethyl adjacent to an activating group) is 1. The molecule has 1 aromatic rings. The lowest BCUT2D eigenvalue weighted by atomic mass is 10.0. The predicted octanol–water partition coefficient (Wildman–Crippen LogP) is 3.69. The lowest BCUT2D eigenvalue weighted by Gasteiger charge is -2.18. The molecule has 102 valence electrons. The molecule has 0 saturated heterocycles. The molecule has 0 fully saturated rings. The van der Waals surface area contributed by atoms with Gasteiger partial charge in [0.15, 0.2) is 0 Å². The first kappa shape index (κ1) is 15.0. The Morgan fingerprint density at radius 1 is 1.17 bits per heavy atom. The normalized spacial score (nSPS) is 13.6. The van der Waals surface area contributed by atoms with Crippen LogP contribution in [-0.2, 0) is 6.42 Å². The summed E-state index contributed by atoms with van der Waals surface area (Å²) in [5.41, 5.74) is 0.838. The Balaban J connectivity index is 2.54. The summed E-state index contributed by atoms with van der Waals surface area (Å²) in [4.78, 5) is 0. The van der Waals surface area contributed by atoms with E-state index >= 15 is 0 Å². The van der Waals surface area contributed by atoms with Crippen LogP contribution in [0.5, 0.6) is 0 Å². The van der Waals surface area contributed by atoms with Crippen molar-refractivity contribution in [3.8, 4) is 0 Å². The average molecular weight is 263 g/mol. The Hall–Kier alpha value is -1.10. The van der Waals surface area contributed by atoms with Crippen LogP contribution < -0.4 is 5.32 Å². The second-order valence-electron chi connectivity index (χ2n) is 4.24. The summed E-state index contributed by atoms with van der Waals surface area (Å²) < 4.78 is 49.2. The molecule has 0 aliphatic rings. The molecule has 0 aliphatic heterocycles. The number of halogens is 4. The molecule has 1 rings (SSSR count). The van der Waals surface area contributed by atoms with Crippen LogP contribution in [0.1, 0.15) is 25.3 Å². The quantitative estimate of drug-likeness (QED) is 0.772. The fourth-order valence-electron chi connectivity index (χ4n) is 1.81. The molecule has 18 heavy (non-hydrogen) atoms. The van der Waals surface area contributed by atoms with Crippen LogP contribution >= 0.6 is 0 Å². The number of nitrogens with one attached hydrogen (secondary N) is 1. The van der Waals surface area contributed by atoms with Gasteiger partial charge in [-0.15, -0.1) is 0 Å². The largest absolute Gasteiger partial charge is 0.389 e. The molecular formula is C13H17F4N. The van der Waals surface area contributed by atoms with Gasteiger partial charge in [0, 0.05) is 12.5 Å². The first-order valence-corrected chi connectivity index (χ1v) is 5.95. The molecular weight excluding hydrogens is 246 g/mol. The fraction of sp³-hybridized carbons (Fsp3) is 0.538. The SMILES string of the molecule is CCNC(CCC(F)(F)F)Cc1ccc(F)cc1. The van der Waals surface area contributed by atoms with Gasteiger partial charge in [0.1, 0.15) is 5.82 Å². The molecule has 0 saturated carbocycles. The summed E-state index contributed by atoms with van der Waals surface area (Å²) in [5, 5.41) is 3.02. The highest BCUT2D eigenvalue weighted by molar-refractivity contribution is 5.17. The van der Waals surface area contributed by atoms with Crippen LogP contribution in [0.4, 0.5) is 17.6 Å². The molecule has 0 bridgehead atoms. The van der Waals surface area contributed by atoms with Crippen LogP contribution in [0, 0.1) is 5.82 Å². The molecule has 1 nitrogen and oxygen atoms in total. The predicted molar refractivity (Wildman–Crippen MR) is 62.9 cm³/mol. The van der Waals surface area contributed by atoms with E-state index in [1.807, 2.05) is 6.92 Å². The van der Waals surface area contributed by atoms with Gasteiger partial charge in [-0.1, -0.05) is 19.1 Å². The molecule has 1 unspecified atom stereocenters. The maximum absolute atomic E-state index is 12.7. The molecule has 1 N–H and O–H groups in total. The highest BCUT2D eigenvalue weighted by Gasteiger charge is 2.28. The molecule has 0 aliphatic carbocycles. The molecule has 1 atom stereocenters. The van der Waals surface area contributed by atoms with Gasteiger partial charge < -0.3 is 5.32 Å². The van der Waals surface area contributed by atoms with Gasteiger partial charge in [0.2, 0.25) is 0 Å². The fourth-order valence-corrected chi connectivity index (χ4v) is 1.81. The Kier molecular flexibility index (Phi) is 5.59. The molecule has 1 aromatic carbocycles. The van der Waals surface area contributed by atoms with E-state index in [9.17, 15) is 17.6 Å². The third-order valence-electron chi connectivity index (χ3n) is 2.66. The Labute approximate surface area is 104 Å². The van der Waals surface area contributed by atoms with Crippen LogP contribution in [0.3, 0.4) is 0 Å². The van der Waals surface area contributed by atoms with Crippen molar-refractivity contribution >= 4 is 0 Å². The van der Waals surface area contributed by atoms with Crippen LogP contribution in [0.15, 0.2) is 24.3 Å². The number of hydrogen-bond donors (Lipinski definition) is 1. The van der Waals surface area contributed by atoms with E-state index in [0.717, 1.165) is 5.56 Å². The molecule has 0 aromatic heterocycles. The van der Waals surface area contributed by atoms with E-state index in [2.05, 4.69) is 5.32 Å². The van der Waals surface area contributed by atoms with E-state index in [-0.39, 0.29) is 18.3 Å². The highest BCUT2D eigenvalue weighted by atomic mass is 19.4. The van der Waals surface area contributed by atoms with Crippen LogP contribution in [0.25, 0.3) is 0 Å². The lowest BCUT2D eigenvalue weighted by molar-refractivity contribution is -0.136.